The van der Waals surface area contributed by atoms with E-state index in [1.54, 1.807) is 67.6 Å². The third kappa shape index (κ3) is 6.40. The molecule has 35 heavy (non-hydrogen) atoms. The van der Waals surface area contributed by atoms with Crippen LogP contribution < -0.4 is 10.6 Å². The van der Waals surface area contributed by atoms with Crippen molar-refractivity contribution in [2.45, 2.75) is 31.3 Å². The van der Waals surface area contributed by atoms with Gasteiger partial charge in [-0.05, 0) is 30.2 Å². The Hall–Kier alpha value is -4.28. The van der Waals surface area contributed by atoms with Crippen LogP contribution in [0.15, 0.2) is 91.0 Å². The monoisotopic (exact) mass is 469 g/mol. The molecule has 0 bridgehead atoms. The molecule has 7 heteroatoms. The molecule has 0 aliphatic rings. The molecule has 7 nitrogen and oxygen atoms in total. The Labute approximate surface area is 204 Å². The predicted octanol–water partition coefficient (Wildman–Crippen LogP) is 3.73. The molecule has 0 aliphatic heterocycles. The van der Waals surface area contributed by atoms with E-state index in [9.17, 15) is 19.6 Å². The number of amides is 2. The van der Waals surface area contributed by atoms with E-state index in [2.05, 4.69) is 16.7 Å². The highest BCUT2D eigenvalue weighted by Crippen LogP contribution is 2.33. The van der Waals surface area contributed by atoms with E-state index in [-0.39, 0.29) is 19.6 Å². The van der Waals surface area contributed by atoms with Crippen molar-refractivity contribution >= 4 is 17.8 Å². The minimum Gasteiger partial charge on any atom is -0.464 e. The Balaban J connectivity index is 1.95. The van der Waals surface area contributed by atoms with E-state index in [4.69, 9.17) is 4.74 Å². The van der Waals surface area contributed by atoms with Crippen LogP contribution in [0.5, 0.6) is 0 Å². The summed E-state index contributed by atoms with van der Waals surface area (Å²) in [5.41, 5.74) is -0.103. The summed E-state index contributed by atoms with van der Waals surface area (Å²) in [5.74, 6) is -2.88. The molecule has 1 unspecified atom stereocenters. The molecule has 0 saturated carbocycles. The lowest BCUT2D eigenvalue weighted by Gasteiger charge is -2.34. The van der Waals surface area contributed by atoms with E-state index >= 15 is 0 Å². The average molecular weight is 470 g/mol. The van der Waals surface area contributed by atoms with E-state index in [1.165, 1.54) is 0 Å². The summed E-state index contributed by atoms with van der Waals surface area (Å²) >= 11 is 0. The Morgan fingerprint density at radius 2 is 1.49 bits per heavy atom. The molecule has 2 atom stereocenters. The maximum atomic E-state index is 13.3. The highest BCUT2D eigenvalue weighted by Gasteiger charge is 2.49. The average Bonchev–Trinajstić information content (AvgIpc) is 2.90. The first-order valence-corrected chi connectivity index (χ1v) is 11.3. The fraction of sp³-hybridized carbons (Fsp3) is 0.214. The molecule has 3 rings (SSSR count). The number of rotatable bonds is 10. The Bertz CT molecular complexity index is 1180. The highest BCUT2D eigenvalue weighted by molar-refractivity contribution is 6.05. The summed E-state index contributed by atoms with van der Waals surface area (Å²) in [6, 6.07) is 28.6. The van der Waals surface area contributed by atoms with Gasteiger partial charge in [-0.25, -0.2) is 4.79 Å². The Kier molecular flexibility index (Phi) is 8.88. The largest absolute Gasteiger partial charge is 0.464 e. The van der Waals surface area contributed by atoms with E-state index in [1.807, 2.05) is 30.3 Å². The lowest BCUT2D eigenvalue weighted by Crippen LogP contribution is -2.56. The standard InChI is InChI=1S/C28H27N3O4/c1-2-35-27(34)28(20-29,30-19-21-12-6-3-7-13-21)24(22-14-8-4-9-15-22)18-25(32)31-26(33)23-16-10-5-11-17-23/h3-17,24,30H,2,18-19H2,1H3,(H,31,32,33)/t24-,28?/m0/s1. The van der Waals surface area contributed by atoms with Crippen molar-refractivity contribution in [3.63, 3.8) is 0 Å². The summed E-state index contributed by atoms with van der Waals surface area (Å²) in [7, 11) is 0. The minimum absolute atomic E-state index is 0.0650. The molecular weight excluding hydrogens is 442 g/mol. The van der Waals surface area contributed by atoms with E-state index < -0.39 is 29.2 Å². The van der Waals surface area contributed by atoms with Crippen LogP contribution in [0.2, 0.25) is 0 Å². The first-order chi connectivity index (χ1) is 17.0. The van der Waals surface area contributed by atoms with Gasteiger partial charge in [0, 0.05) is 24.4 Å². The van der Waals surface area contributed by atoms with Gasteiger partial charge >= 0.3 is 5.97 Å². The highest BCUT2D eigenvalue weighted by atomic mass is 16.5. The molecule has 0 heterocycles. The van der Waals surface area contributed by atoms with Gasteiger partial charge < -0.3 is 4.74 Å². The second kappa shape index (κ2) is 12.3. The summed E-state index contributed by atoms with van der Waals surface area (Å²) in [5, 5.41) is 15.8. The number of hydrogen-bond donors (Lipinski definition) is 2. The van der Waals surface area contributed by atoms with Gasteiger partial charge in [-0.1, -0.05) is 78.9 Å². The van der Waals surface area contributed by atoms with Crippen molar-refractivity contribution < 1.29 is 19.1 Å². The topological polar surface area (TPSA) is 108 Å². The van der Waals surface area contributed by atoms with Gasteiger partial charge in [0.15, 0.2) is 0 Å². The summed E-state index contributed by atoms with van der Waals surface area (Å²) in [6.07, 6.45) is -0.295. The molecule has 0 fully saturated rings. The van der Waals surface area contributed by atoms with Crippen LogP contribution in [0.25, 0.3) is 0 Å². The summed E-state index contributed by atoms with van der Waals surface area (Å²) in [4.78, 5) is 38.8. The number of nitriles is 1. The number of benzene rings is 3. The zero-order valence-electron chi connectivity index (χ0n) is 19.4. The fourth-order valence-electron chi connectivity index (χ4n) is 3.81. The SMILES string of the molecule is CCOC(=O)C(C#N)(NCc1ccccc1)[C@@H](CC(=O)NC(=O)c1ccccc1)c1ccccc1. The van der Waals surface area contributed by atoms with Crippen LogP contribution in [-0.2, 0) is 20.9 Å². The van der Waals surface area contributed by atoms with Crippen LogP contribution in [0.1, 0.15) is 40.7 Å². The van der Waals surface area contributed by atoms with Crippen LogP contribution in [-0.4, -0.2) is 29.9 Å². The van der Waals surface area contributed by atoms with Crippen molar-refractivity contribution in [1.29, 1.82) is 5.26 Å². The second-order valence-electron chi connectivity index (χ2n) is 7.89. The molecule has 178 valence electrons. The van der Waals surface area contributed by atoms with Gasteiger partial charge in [0.1, 0.15) is 0 Å². The molecule has 3 aromatic carbocycles. The third-order valence-electron chi connectivity index (χ3n) is 5.59. The number of carbonyl (C=O) groups is 3. The zero-order valence-corrected chi connectivity index (χ0v) is 19.4. The van der Waals surface area contributed by atoms with Crippen molar-refractivity contribution in [3.8, 4) is 6.07 Å². The number of nitrogens with one attached hydrogen (secondary N) is 2. The molecule has 0 aliphatic carbocycles. The predicted molar refractivity (Wildman–Crippen MR) is 131 cm³/mol. The molecule has 0 aromatic heterocycles. The fourth-order valence-corrected chi connectivity index (χ4v) is 3.81. The molecule has 0 saturated heterocycles. The number of imide groups is 1. The summed E-state index contributed by atoms with van der Waals surface area (Å²) < 4.78 is 5.30. The first-order valence-electron chi connectivity index (χ1n) is 11.3. The quantitative estimate of drug-likeness (QED) is 0.438. The molecule has 0 spiro atoms. The van der Waals surface area contributed by atoms with Gasteiger partial charge in [-0.3, -0.25) is 20.2 Å². The van der Waals surface area contributed by atoms with Crippen LogP contribution >= 0.6 is 0 Å². The Morgan fingerprint density at radius 1 is 0.914 bits per heavy atom. The molecular formula is C28H27N3O4. The second-order valence-corrected chi connectivity index (χ2v) is 7.89. The third-order valence-corrected chi connectivity index (χ3v) is 5.59. The smallest absolute Gasteiger partial charge is 0.341 e. The molecule has 2 N–H and O–H groups in total. The normalized spacial score (nSPS) is 13.0. The number of nitrogens with zero attached hydrogens (tertiary/aromatic N) is 1. The van der Waals surface area contributed by atoms with Crippen LogP contribution in [0, 0.1) is 11.3 Å². The van der Waals surface area contributed by atoms with Crippen LogP contribution in [0.4, 0.5) is 0 Å². The molecule has 3 aromatic rings. The minimum atomic E-state index is -1.87. The van der Waals surface area contributed by atoms with Crippen molar-refractivity contribution in [2.24, 2.45) is 0 Å². The van der Waals surface area contributed by atoms with Crippen molar-refractivity contribution in [2.75, 3.05) is 6.61 Å². The maximum absolute atomic E-state index is 13.3. The lowest BCUT2D eigenvalue weighted by molar-refractivity contribution is -0.150. The number of esters is 1. The number of hydrogen-bond acceptors (Lipinski definition) is 6. The van der Waals surface area contributed by atoms with Gasteiger partial charge in [0.25, 0.3) is 5.91 Å². The first kappa shape index (κ1) is 25.3. The van der Waals surface area contributed by atoms with Gasteiger partial charge in [0.2, 0.25) is 11.4 Å². The van der Waals surface area contributed by atoms with Gasteiger partial charge in [-0.2, -0.15) is 5.26 Å². The van der Waals surface area contributed by atoms with E-state index in [0.717, 1.165) is 5.56 Å². The maximum Gasteiger partial charge on any atom is 0.341 e. The van der Waals surface area contributed by atoms with Gasteiger partial charge in [-0.15, -0.1) is 0 Å². The molecule has 2 amide bonds. The van der Waals surface area contributed by atoms with Crippen molar-refractivity contribution in [1.82, 2.24) is 10.6 Å². The number of ether oxygens (including phenoxy) is 1. The lowest BCUT2D eigenvalue weighted by atomic mass is 9.77. The Morgan fingerprint density at radius 3 is 2.06 bits per heavy atom. The van der Waals surface area contributed by atoms with E-state index in [0.29, 0.717) is 11.1 Å². The van der Waals surface area contributed by atoms with Crippen LogP contribution in [0.3, 0.4) is 0 Å². The van der Waals surface area contributed by atoms with Crippen molar-refractivity contribution in [3.05, 3.63) is 108 Å². The molecule has 0 radical (unpaired) electrons. The summed E-state index contributed by atoms with van der Waals surface area (Å²) in [6.45, 7) is 1.91. The zero-order chi connectivity index (χ0) is 25.1. The number of carbonyl (C=O) groups excluding carboxylic acids is 3. The van der Waals surface area contributed by atoms with Gasteiger partial charge in [0.05, 0.1) is 12.7 Å².